The molecule has 21 heavy (non-hydrogen) atoms. The second-order valence-corrected chi connectivity index (χ2v) is 5.94. The lowest BCUT2D eigenvalue weighted by atomic mass is 10.00. The fourth-order valence-electron chi connectivity index (χ4n) is 3.36. The fraction of sp³-hybridized carbons (Fsp3) is 0.588. The van der Waals surface area contributed by atoms with Crippen molar-refractivity contribution in [1.29, 1.82) is 0 Å². The van der Waals surface area contributed by atoms with E-state index in [1.807, 2.05) is 12.1 Å². The Morgan fingerprint density at radius 1 is 1.48 bits per heavy atom. The fourth-order valence-corrected chi connectivity index (χ4v) is 3.36. The van der Waals surface area contributed by atoms with E-state index in [1.165, 1.54) is 6.42 Å². The van der Waals surface area contributed by atoms with Crippen LogP contribution in [-0.2, 0) is 6.42 Å². The van der Waals surface area contributed by atoms with Gasteiger partial charge in [-0.05, 0) is 50.3 Å². The highest BCUT2D eigenvalue weighted by atomic mass is 16.5. The van der Waals surface area contributed by atoms with Crippen molar-refractivity contribution < 1.29 is 9.53 Å². The molecule has 114 valence electrons. The van der Waals surface area contributed by atoms with Crippen LogP contribution < -0.4 is 15.4 Å². The summed E-state index contributed by atoms with van der Waals surface area (Å²) in [5.74, 6) is 0.782. The van der Waals surface area contributed by atoms with E-state index in [2.05, 4.69) is 23.6 Å². The molecular formula is C17H24N2O2. The minimum Gasteiger partial charge on any atom is -0.492 e. The van der Waals surface area contributed by atoms with E-state index in [9.17, 15) is 4.79 Å². The summed E-state index contributed by atoms with van der Waals surface area (Å²) in [6.07, 6.45) is 5.31. The van der Waals surface area contributed by atoms with Crippen LogP contribution in [0.4, 0.5) is 0 Å². The third-order valence-electron chi connectivity index (χ3n) is 4.52. The first kappa shape index (κ1) is 14.4. The number of hydrogen-bond acceptors (Lipinski definition) is 3. The predicted octanol–water partition coefficient (Wildman–Crippen LogP) is 2.27. The number of carbonyl (C=O) groups excluding carboxylic acids is 1. The average Bonchev–Trinajstić information content (AvgIpc) is 3.06. The monoisotopic (exact) mass is 288 g/mol. The van der Waals surface area contributed by atoms with Crippen molar-refractivity contribution >= 4 is 5.91 Å². The molecule has 4 nitrogen and oxygen atoms in total. The first-order valence-corrected chi connectivity index (χ1v) is 8.08. The predicted molar refractivity (Wildman–Crippen MR) is 82.8 cm³/mol. The molecule has 1 saturated heterocycles. The van der Waals surface area contributed by atoms with Crippen LogP contribution in [0.25, 0.3) is 0 Å². The Bertz CT molecular complexity index is 510. The van der Waals surface area contributed by atoms with Crippen molar-refractivity contribution in [3.63, 3.8) is 0 Å². The van der Waals surface area contributed by atoms with Crippen molar-refractivity contribution in [1.82, 2.24) is 10.6 Å². The van der Waals surface area contributed by atoms with Gasteiger partial charge in [0.15, 0.2) is 0 Å². The molecule has 4 heteroatoms. The van der Waals surface area contributed by atoms with Crippen LogP contribution in [0.15, 0.2) is 18.2 Å². The van der Waals surface area contributed by atoms with Gasteiger partial charge in [0.2, 0.25) is 0 Å². The van der Waals surface area contributed by atoms with Crippen molar-refractivity contribution in [3.8, 4) is 5.75 Å². The molecule has 2 N–H and O–H groups in total. The minimum atomic E-state index is -0.00528. The maximum absolute atomic E-state index is 12.6. The highest BCUT2D eigenvalue weighted by molar-refractivity contribution is 5.97. The number of rotatable bonds is 4. The van der Waals surface area contributed by atoms with Gasteiger partial charge in [-0.2, -0.15) is 0 Å². The molecule has 1 amide bonds. The first-order valence-electron chi connectivity index (χ1n) is 8.08. The zero-order valence-corrected chi connectivity index (χ0v) is 12.7. The van der Waals surface area contributed by atoms with Crippen LogP contribution in [0.2, 0.25) is 0 Å². The number of benzene rings is 1. The van der Waals surface area contributed by atoms with Gasteiger partial charge in [0.25, 0.3) is 5.91 Å². The zero-order chi connectivity index (χ0) is 14.7. The summed E-state index contributed by atoms with van der Waals surface area (Å²) in [7, 11) is 0. The van der Waals surface area contributed by atoms with Crippen LogP contribution in [0, 0.1) is 0 Å². The van der Waals surface area contributed by atoms with Gasteiger partial charge in [0.05, 0.1) is 12.2 Å². The maximum atomic E-state index is 12.6. The summed E-state index contributed by atoms with van der Waals surface area (Å²) in [5.41, 5.74) is 1.84. The van der Waals surface area contributed by atoms with E-state index >= 15 is 0 Å². The summed E-state index contributed by atoms with van der Waals surface area (Å²) in [6, 6.07) is 6.48. The van der Waals surface area contributed by atoms with Crippen molar-refractivity contribution in [2.45, 2.75) is 51.1 Å². The van der Waals surface area contributed by atoms with E-state index in [1.54, 1.807) is 0 Å². The largest absolute Gasteiger partial charge is 0.492 e. The van der Waals surface area contributed by atoms with E-state index in [0.717, 1.165) is 43.5 Å². The van der Waals surface area contributed by atoms with Crippen LogP contribution in [0.5, 0.6) is 5.75 Å². The highest BCUT2D eigenvalue weighted by Crippen LogP contribution is 2.29. The van der Waals surface area contributed by atoms with Gasteiger partial charge >= 0.3 is 0 Å². The number of carbonyl (C=O) groups is 1. The van der Waals surface area contributed by atoms with Crippen molar-refractivity contribution in [3.05, 3.63) is 29.3 Å². The second kappa shape index (κ2) is 6.48. The quantitative estimate of drug-likeness (QED) is 0.893. The lowest BCUT2D eigenvalue weighted by molar-refractivity contribution is 0.0922. The Morgan fingerprint density at radius 2 is 2.38 bits per heavy atom. The summed E-state index contributed by atoms with van der Waals surface area (Å²) in [6.45, 7) is 3.89. The Labute approximate surface area is 126 Å². The number of aryl methyl sites for hydroxylation is 1. The number of fused-ring (bicyclic) bond motifs is 1. The number of para-hydroxylation sites is 1. The SMILES string of the molecule is CCC(NC(=O)c1cccc2c1OCCC2)C1CCCN1. The highest BCUT2D eigenvalue weighted by Gasteiger charge is 2.26. The smallest absolute Gasteiger partial charge is 0.255 e. The van der Waals surface area contributed by atoms with Crippen LogP contribution in [0.1, 0.15) is 48.5 Å². The molecule has 2 unspecified atom stereocenters. The molecular weight excluding hydrogens is 264 g/mol. The number of ether oxygens (including phenoxy) is 1. The molecule has 3 rings (SSSR count). The first-order chi connectivity index (χ1) is 10.3. The number of amides is 1. The summed E-state index contributed by atoms with van der Waals surface area (Å²) in [5, 5.41) is 6.67. The Balaban J connectivity index is 1.75. The van der Waals surface area contributed by atoms with Crippen LogP contribution >= 0.6 is 0 Å². The molecule has 0 radical (unpaired) electrons. The molecule has 0 saturated carbocycles. The summed E-state index contributed by atoms with van der Waals surface area (Å²) < 4.78 is 5.74. The zero-order valence-electron chi connectivity index (χ0n) is 12.7. The van der Waals surface area contributed by atoms with Crippen molar-refractivity contribution in [2.75, 3.05) is 13.2 Å². The number of hydrogen-bond donors (Lipinski definition) is 2. The average molecular weight is 288 g/mol. The van der Waals surface area contributed by atoms with Gasteiger partial charge < -0.3 is 15.4 Å². The minimum absolute atomic E-state index is 0.00528. The van der Waals surface area contributed by atoms with E-state index in [4.69, 9.17) is 4.74 Å². The van der Waals surface area contributed by atoms with E-state index in [0.29, 0.717) is 18.2 Å². The number of nitrogens with one attached hydrogen (secondary N) is 2. The molecule has 0 bridgehead atoms. The third-order valence-corrected chi connectivity index (χ3v) is 4.52. The molecule has 2 aliphatic heterocycles. The second-order valence-electron chi connectivity index (χ2n) is 5.94. The van der Waals surface area contributed by atoms with Crippen LogP contribution in [0.3, 0.4) is 0 Å². The molecule has 0 aromatic heterocycles. The normalized spacial score (nSPS) is 22.2. The van der Waals surface area contributed by atoms with Gasteiger partial charge in [-0.1, -0.05) is 19.1 Å². The molecule has 0 aliphatic carbocycles. The molecule has 2 heterocycles. The van der Waals surface area contributed by atoms with Gasteiger partial charge in [0, 0.05) is 12.1 Å². The summed E-state index contributed by atoms with van der Waals surface area (Å²) in [4.78, 5) is 12.6. The van der Waals surface area contributed by atoms with Gasteiger partial charge in [-0.15, -0.1) is 0 Å². The van der Waals surface area contributed by atoms with Gasteiger partial charge in [-0.3, -0.25) is 4.79 Å². The van der Waals surface area contributed by atoms with Gasteiger partial charge in [0.1, 0.15) is 5.75 Å². The van der Waals surface area contributed by atoms with E-state index in [-0.39, 0.29) is 11.9 Å². The topological polar surface area (TPSA) is 50.4 Å². The third kappa shape index (κ3) is 3.05. The molecule has 2 atom stereocenters. The van der Waals surface area contributed by atoms with Crippen LogP contribution in [-0.4, -0.2) is 31.1 Å². The maximum Gasteiger partial charge on any atom is 0.255 e. The standard InChI is InChI=1S/C17H24N2O2/c1-2-14(15-9-4-10-18-15)19-17(20)13-8-3-6-12-7-5-11-21-16(12)13/h3,6,8,14-15,18H,2,4-5,7,9-11H2,1H3,(H,19,20). The Morgan fingerprint density at radius 3 is 3.14 bits per heavy atom. The lowest BCUT2D eigenvalue weighted by Crippen LogP contribution is -2.47. The Hall–Kier alpha value is -1.55. The molecule has 1 aromatic carbocycles. The summed E-state index contributed by atoms with van der Waals surface area (Å²) >= 11 is 0. The lowest BCUT2D eigenvalue weighted by Gasteiger charge is -2.25. The van der Waals surface area contributed by atoms with Gasteiger partial charge in [-0.25, -0.2) is 0 Å². The molecule has 0 spiro atoms. The molecule has 2 aliphatic rings. The molecule has 1 aromatic rings. The van der Waals surface area contributed by atoms with E-state index < -0.39 is 0 Å². The van der Waals surface area contributed by atoms with Crippen molar-refractivity contribution in [2.24, 2.45) is 0 Å². The molecule has 1 fully saturated rings. The Kier molecular flexibility index (Phi) is 4.44.